The van der Waals surface area contributed by atoms with Crippen molar-refractivity contribution in [1.29, 1.82) is 0 Å². The molecule has 0 spiro atoms. The number of nitrogens with one attached hydrogen (secondary N) is 1. The van der Waals surface area contributed by atoms with Gasteiger partial charge in [-0.1, -0.05) is 31.9 Å². The maximum Gasteiger partial charge on any atom is 0.0931 e. The lowest BCUT2D eigenvalue weighted by atomic mass is 10.0. The Bertz CT molecular complexity index is 337. The van der Waals surface area contributed by atoms with Crippen LogP contribution in [0.15, 0.2) is 12.1 Å². The Kier molecular flexibility index (Phi) is 8.71. The van der Waals surface area contributed by atoms with Gasteiger partial charge < -0.3 is 10.1 Å². The summed E-state index contributed by atoms with van der Waals surface area (Å²) >= 11 is 7.69. The third-order valence-electron chi connectivity index (χ3n) is 3.11. The molecule has 0 bridgehead atoms. The van der Waals surface area contributed by atoms with Crippen molar-refractivity contribution in [2.45, 2.75) is 58.6 Å². The highest BCUT2D eigenvalue weighted by molar-refractivity contribution is 7.16. The molecule has 1 aromatic rings. The van der Waals surface area contributed by atoms with Crippen molar-refractivity contribution in [3.8, 4) is 0 Å². The summed E-state index contributed by atoms with van der Waals surface area (Å²) in [5, 5.41) is 3.64. The Morgan fingerprint density at radius 2 is 2.05 bits per heavy atom. The minimum absolute atomic E-state index is 0.294. The second-order valence-electron chi connectivity index (χ2n) is 4.75. The van der Waals surface area contributed by atoms with Crippen LogP contribution in [0.25, 0.3) is 0 Å². The summed E-state index contributed by atoms with van der Waals surface area (Å²) in [6.07, 6.45) is 4.70. The summed E-state index contributed by atoms with van der Waals surface area (Å²) in [6.45, 7) is 8.30. The summed E-state index contributed by atoms with van der Waals surface area (Å²) in [5.41, 5.74) is 0. The summed E-state index contributed by atoms with van der Waals surface area (Å²) in [6, 6.07) is 4.49. The minimum atomic E-state index is 0.294. The van der Waals surface area contributed by atoms with Gasteiger partial charge in [0.2, 0.25) is 0 Å². The molecule has 0 aliphatic rings. The monoisotopic (exact) mass is 303 g/mol. The Morgan fingerprint density at radius 3 is 2.58 bits per heavy atom. The van der Waals surface area contributed by atoms with Gasteiger partial charge in [-0.2, -0.15) is 0 Å². The first-order valence-corrected chi connectivity index (χ1v) is 8.49. The van der Waals surface area contributed by atoms with Crippen LogP contribution in [0.5, 0.6) is 0 Å². The number of hydrogen-bond donors (Lipinski definition) is 1. The predicted molar refractivity (Wildman–Crippen MR) is 85.4 cm³/mol. The third-order valence-corrected chi connectivity index (χ3v) is 4.36. The maximum absolute atomic E-state index is 6.02. The van der Waals surface area contributed by atoms with Crippen molar-refractivity contribution >= 4 is 22.9 Å². The predicted octanol–water partition coefficient (Wildman–Crippen LogP) is 4.52. The lowest BCUT2D eigenvalue weighted by Gasteiger charge is -2.27. The fraction of sp³-hybridized carbons (Fsp3) is 0.733. The standard InChI is InChI=1S/C15H26ClNOS/c1-4-7-14(18-6-3)13(17-10-5-2)11-12-8-9-15(16)19-12/h8-9,13-14,17H,4-7,10-11H2,1-3H3. The second kappa shape index (κ2) is 9.76. The zero-order chi connectivity index (χ0) is 14.1. The van der Waals surface area contributed by atoms with Crippen molar-refractivity contribution in [1.82, 2.24) is 5.32 Å². The van der Waals surface area contributed by atoms with E-state index in [0.29, 0.717) is 12.1 Å². The van der Waals surface area contributed by atoms with Gasteiger partial charge in [0.25, 0.3) is 0 Å². The molecule has 0 aromatic carbocycles. The first kappa shape index (κ1) is 17.0. The molecule has 0 aliphatic heterocycles. The van der Waals surface area contributed by atoms with Crippen LogP contribution in [0.2, 0.25) is 4.34 Å². The summed E-state index contributed by atoms with van der Waals surface area (Å²) < 4.78 is 6.80. The van der Waals surface area contributed by atoms with Crippen molar-refractivity contribution in [3.63, 3.8) is 0 Å². The Labute approximate surface area is 126 Å². The zero-order valence-corrected chi connectivity index (χ0v) is 13.8. The third kappa shape index (κ3) is 6.26. The fourth-order valence-electron chi connectivity index (χ4n) is 2.24. The average molecular weight is 304 g/mol. The molecule has 110 valence electrons. The zero-order valence-electron chi connectivity index (χ0n) is 12.2. The molecule has 0 saturated heterocycles. The minimum Gasteiger partial charge on any atom is -0.377 e. The number of halogens is 1. The van der Waals surface area contributed by atoms with Gasteiger partial charge in [-0.15, -0.1) is 11.3 Å². The van der Waals surface area contributed by atoms with Gasteiger partial charge in [0, 0.05) is 17.5 Å². The Morgan fingerprint density at radius 1 is 1.26 bits per heavy atom. The normalized spacial score (nSPS) is 14.5. The summed E-state index contributed by atoms with van der Waals surface area (Å²) in [7, 11) is 0. The SMILES string of the molecule is CCCNC(Cc1ccc(Cl)s1)C(CCC)OCC. The van der Waals surface area contributed by atoms with E-state index >= 15 is 0 Å². The van der Waals surface area contributed by atoms with Crippen LogP contribution in [0.4, 0.5) is 0 Å². The number of hydrogen-bond acceptors (Lipinski definition) is 3. The lowest BCUT2D eigenvalue weighted by Crippen LogP contribution is -2.43. The molecule has 19 heavy (non-hydrogen) atoms. The van der Waals surface area contributed by atoms with Gasteiger partial charge in [0.05, 0.1) is 10.4 Å². The van der Waals surface area contributed by atoms with E-state index in [-0.39, 0.29) is 0 Å². The van der Waals surface area contributed by atoms with E-state index in [1.54, 1.807) is 11.3 Å². The highest BCUT2D eigenvalue weighted by Crippen LogP contribution is 2.24. The summed E-state index contributed by atoms with van der Waals surface area (Å²) in [5.74, 6) is 0. The maximum atomic E-state index is 6.02. The lowest BCUT2D eigenvalue weighted by molar-refractivity contribution is 0.0284. The van der Waals surface area contributed by atoms with E-state index in [1.165, 1.54) is 4.88 Å². The fourth-order valence-corrected chi connectivity index (χ4v) is 3.39. The molecule has 0 amide bonds. The van der Waals surface area contributed by atoms with Gasteiger partial charge in [-0.25, -0.2) is 0 Å². The molecule has 1 N–H and O–H groups in total. The largest absolute Gasteiger partial charge is 0.377 e. The Balaban J connectivity index is 2.67. The van der Waals surface area contributed by atoms with Crippen LogP contribution < -0.4 is 5.32 Å². The first-order valence-electron chi connectivity index (χ1n) is 7.30. The van der Waals surface area contributed by atoms with Crippen molar-refractivity contribution in [2.75, 3.05) is 13.2 Å². The van der Waals surface area contributed by atoms with Crippen LogP contribution in [-0.4, -0.2) is 25.3 Å². The van der Waals surface area contributed by atoms with Gasteiger partial charge >= 0.3 is 0 Å². The molecule has 0 fully saturated rings. The van der Waals surface area contributed by atoms with Crippen LogP contribution in [-0.2, 0) is 11.2 Å². The van der Waals surface area contributed by atoms with Crippen LogP contribution in [0, 0.1) is 0 Å². The van der Waals surface area contributed by atoms with E-state index in [2.05, 4.69) is 32.2 Å². The van der Waals surface area contributed by atoms with E-state index in [9.17, 15) is 0 Å². The molecule has 0 radical (unpaired) electrons. The molecule has 0 aliphatic carbocycles. The first-order chi connectivity index (χ1) is 9.21. The van der Waals surface area contributed by atoms with Gasteiger partial charge in [-0.3, -0.25) is 0 Å². The van der Waals surface area contributed by atoms with E-state index < -0.39 is 0 Å². The molecule has 2 atom stereocenters. The molecule has 4 heteroatoms. The highest BCUT2D eigenvalue weighted by atomic mass is 35.5. The average Bonchev–Trinajstić information content (AvgIpc) is 2.80. The number of ether oxygens (including phenoxy) is 1. The smallest absolute Gasteiger partial charge is 0.0931 e. The second-order valence-corrected chi connectivity index (χ2v) is 6.55. The van der Waals surface area contributed by atoms with Crippen LogP contribution in [0.3, 0.4) is 0 Å². The van der Waals surface area contributed by atoms with Gasteiger partial charge in [0.15, 0.2) is 0 Å². The molecule has 2 unspecified atom stereocenters. The molecule has 1 rings (SSSR count). The topological polar surface area (TPSA) is 21.3 Å². The van der Waals surface area contributed by atoms with Gasteiger partial charge in [0.1, 0.15) is 0 Å². The molecule has 0 saturated carbocycles. The highest BCUT2D eigenvalue weighted by Gasteiger charge is 2.21. The Hall–Kier alpha value is -0.0900. The molecular weight excluding hydrogens is 278 g/mol. The molecular formula is C15H26ClNOS. The van der Waals surface area contributed by atoms with Crippen molar-refractivity contribution < 1.29 is 4.74 Å². The van der Waals surface area contributed by atoms with Crippen LogP contribution in [0.1, 0.15) is 44.9 Å². The summed E-state index contributed by atoms with van der Waals surface area (Å²) in [4.78, 5) is 1.33. The van der Waals surface area contributed by atoms with Crippen molar-refractivity contribution in [2.24, 2.45) is 0 Å². The van der Waals surface area contributed by atoms with E-state index in [0.717, 1.165) is 43.2 Å². The number of thiophene rings is 1. The van der Waals surface area contributed by atoms with Crippen LogP contribution >= 0.6 is 22.9 Å². The van der Waals surface area contributed by atoms with E-state index in [1.807, 2.05) is 6.07 Å². The molecule has 1 heterocycles. The number of rotatable bonds is 10. The quantitative estimate of drug-likeness (QED) is 0.686. The molecule has 1 aromatic heterocycles. The molecule has 2 nitrogen and oxygen atoms in total. The van der Waals surface area contributed by atoms with E-state index in [4.69, 9.17) is 16.3 Å². The van der Waals surface area contributed by atoms with Crippen molar-refractivity contribution in [3.05, 3.63) is 21.3 Å². The van der Waals surface area contributed by atoms with Gasteiger partial charge in [-0.05, 0) is 44.9 Å².